The number of hydrogen-bond donors (Lipinski definition) is 1. The molecule has 2 fully saturated rings. The third-order valence-electron chi connectivity index (χ3n) is 3.94. The maximum atomic E-state index is 5.80. The zero-order valence-corrected chi connectivity index (χ0v) is 8.71. The smallest absolute Gasteiger partial charge is 0.0221 e. The summed E-state index contributed by atoms with van der Waals surface area (Å²) < 4.78 is 0. The Kier molecular flexibility index (Phi) is 2.89. The molecule has 2 N–H and O–H groups in total. The van der Waals surface area contributed by atoms with Gasteiger partial charge >= 0.3 is 0 Å². The van der Waals surface area contributed by atoms with Gasteiger partial charge in [0.15, 0.2) is 0 Å². The number of nitrogens with two attached hydrogens (primary N) is 1. The van der Waals surface area contributed by atoms with Crippen LogP contribution in [0.15, 0.2) is 0 Å². The highest BCUT2D eigenvalue weighted by atomic mass is 15.2. The van der Waals surface area contributed by atoms with Crippen molar-refractivity contribution < 1.29 is 0 Å². The lowest BCUT2D eigenvalue weighted by atomic mass is 10.0. The van der Waals surface area contributed by atoms with Gasteiger partial charge in [0, 0.05) is 18.6 Å². The van der Waals surface area contributed by atoms with Crippen molar-refractivity contribution in [2.24, 2.45) is 11.7 Å². The van der Waals surface area contributed by atoms with Gasteiger partial charge in [-0.05, 0) is 38.1 Å². The Balaban J connectivity index is 1.98. The first kappa shape index (κ1) is 9.47. The summed E-state index contributed by atoms with van der Waals surface area (Å²) in [6.07, 6.45) is 6.97. The van der Waals surface area contributed by atoms with Crippen molar-refractivity contribution >= 4 is 0 Å². The Morgan fingerprint density at radius 1 is 1.23 bits per heavy atom. The van der Waals surface area contributed by atoms with Gasteiger partial charge in [0.05, 0.1) is 0 Å². The van der Waals surface area contributed by atoms with E-state index < -0.39 is 0 Å². The van der Waals surface area contributed by atoms with Gasteiger partial charge in [-0.1, -0.05) is 13.3 Å². The molecule has 1 saturated heterocycles. The molecule has 0 amide bonds. The first-order chi connectivity index (χ1) is 6.33. The van der Waals surface area contributed by atoms with Crippen LogP contribution in [0.3, 0.4) is 0 Å². The molecule has 2 aliphatic rings. The van der Waals surface area contributed by atoms with Gasteiger partial charge in [0.2, 0.25) is 0 Å². The molecule has 2 heteroatoms. The molecule has 1 aliphatic heterocycles. The van der Waals surface area contributed by atoms with Gasteiger partial charge in [-0.2, -0.15) is 0 Å². The summed E-state index contributed by atoms with van der Waals surface area (Å²) in [5, 5.41) is 0. The van der Waals surface area contributed by atoms with Gasteiger partial charge in [-0.15, -0.1) is 0 Å². The van der Waals surface area contributed by atoms with Gasteiger partial charge in [0.1, 0.15) is 0 Å². The predicted molar refractivity (Wildman–Crippen MR) is 55.6 cm³/mol. The maximum absolute atomic E-state index is 5.80. The summed E-state index contributed by atoms with van der Waals surface area (Å²) in [6.45, 7) is 4.57. The number of nitrogens with zero attached hydrogens (tertiary/aromatic N) is 1. The van der Waals surface area contributed by atoms with E-state index in [4.69, 9.17) is 5.73 Å². The molecule has 2 rings (SSSR count). The topological polar surface area (TPSA) is 29.3 Å². The fourth-order valence-corrected chi connectivity index (χ4v) is 3.17. The molecular weight excluding hydrogens is 160 g/mol. The summed E-state index contributed by atoms with van der Waals surface area (Å²) in [6, 6.07) is 1.56. The van der Waals surface area contributed by atoms with E-state index >= 15 is 0 Å². The van der Waals surface area contributed by atoms with Crippen LogP contribution in [-0.4, -0.2) is 30.1 Å². The van der Waals surface area contributed by atoms with Crippen molar-refractivity contribution in [2.75, 3.05) is 13.1 Å². The molecule has 2 nitrogen and oxygen atoms in total. The minimum atomic E-state index is 0.700. The van der Waals surface area contributed by atoms with E-state index in [9.17, 15) is 0 Å². The first-order valence-electron chi connectivity index (χ1n) is 5.78. The zero-order valence-electron chi connectivity index (χ0n) is 8.71. The van der Waals surface area contributed by atoms with Crippen molar-refractivity contribution in [1.29, 1.82) is 0 Å². The summed E-state index contributed by atoms with van der Waals surface area (Å²) >= 11 is 0. The monoisotopic (exact) mass is 182 g/mol. The summed E-state index contributed by atoms with van der Waals surface area (Å²) in [5.74, 6) is 0.909. The van der Waals surface area contributed by atoms with Crippen LogP contribution < -0.4 is 5.73 Å². The second-order valence-corrected chi connectivity index (χ2v) is 4.75. The second-order valence-electron chi connectivity index (χ2n) is 4.75. The Labute approximate surface area is 81.5 Å². The van der Waals surface area contributed by atoms with E-state index in [-0.39, 0.29) is 0 Å². The van der Waals surface area contributed by atoms with E-state index in [0.717, 1.165) is 18.5 Å². The van der Waals surface area contributed by atoms with Crippen molar-refractivity contribution in [3.8, 4) is 0 Å². The fraction of sp³-hybridized carbons (Fsp3) is 1.00. The second kappa shape index (κ2) is 3.97. The molecular formula is C11H22N2. The minimum absolute atomic E-state index is 0.700. The van der Waals surface area contributed by atoms with Crippen LogP contribution in [0, 0.1) is 5.92 Å². The Morgan fingerprint density at radius 2 is 2.08 bits per heavy atom. The molecule has 0 bridgehead atoms. The quantitative estimate of drug-likeness (QED) is 0.703. The average molecular weight is 182 g/mol. The molecule has 1 aliphatic carbocycles. The Hall–Kier alpha value is -0.0800. The molecule has 13 heavy (non-hydrogen) atoms. The van der Waals surface area contributed by atoms with Gasteiger partial charge in [-0.3, -0.25) is 4.90 Å². The predicted octanol–water partition coefficient (Wildman–Crippen LogP) is 1.60. The molecule has 3 unspecified atom stereocenters. The Bertz CT molecular complexity index is 169. The fourth-order valence-electron chi connectivity index (χ4n) is 3.17. The maximum Gasteiger partial charge on any atom is 0.0221 e. The summed E-state index contributed by atoms with van der Waals surface area (Å²) in [4.78, 5) is 2.69. The van der Waals surface area contributed by atoms with Crippen LogP contribution in [-0.2, 0) is 0 Å². The molecule has 1 heterocycles. The van der Waals surface area contributed by atoms with Gasteiger partial charge in [-0.25, -0.2) is 0 Å². The number of likely N-dealkylation sites (tertiary alicyclic amines) is 1. The van der Waals surface area contributed by atoms with Gasteiger partial charge in [0.25, 0.3) is 0 Å². The lowest BCUT2D eigenvalue weighted by molar-refractivity contribution is 0.154. The van der Waals surface area contributed by atoms with E-state index in [1.54, 1.807) is 0 Å². The highest BCUT2D eigenvalue weighted by molar-refractivity contribution is 4.90. The van der Waals surface area contributed by atoms with Crippen molar-refractivity contribution in [3.63, 3.8) is 0 Å². The number of hydrogen-bond acceptors (Lipinski definition) is 2. The third-order valence-corrected chi connectivity index (χ3v) is 3.94. The van der Waals surface area contributed by atoms with Crippen molar-refractivity contribution in [2.45, 2.75) is 51.1 Å². The van der Waals surface area contributed by atoms with E-state index in [0.29, 0.717) is 6.04 Å². The zero-order chi connectivity index (χ0) is 9.26. The lowest BCUT2D eigenvalue weighted by Crippen LogP contribution is -2.43. The molecule has 1 saturated carbocycles. The third kappa shape index (κ3) is 1.75. The highest BCUT2D eigenvalue weighted by Gasteiger charge is 2.34. The van der Waals surface area contributed by atoms with Gasteiger partial charge < -0.3 is 5.73 Å². The average Bonchev–Trinajstić information content (AvgIpc) is 2.71. The molecule has 0 aromatic carbocycles. The molecule has 0 spiro atoms. The molecule has 76 valence electrons. The summed E-state index contributed by atoms with van der Waals surface area (Å²) in [5.41, 5.74) is 5.80. The largest absolute Gasteiger partial charge is 0.329 e. The molecule has 3 atom stereocenters. The van der Waals surface area contributed by atoms with Crippen LogP contribution in [0.2, 0.25) is 0 Å². The molecule has 0 radical (unpaired) electrons. The SMILES string of the molecule is CC1CCCC1N1CCCC1CN. The molecule has 0 aromatic rings. The van der Waals surface area contributed by atoms with Crippen molar-refractivity contribution in [3.05, 3.63) is 0 Å². The Morgan fingerprint density at radius 3 is 2.69 bits per heavy atom. The first-order valence-corrected chi connectivity index (χ1v) is 5.78. The van der Waals surface area contributed by atoms with Crippen molar-refractivity contribution in [1.82, 2.24) is 4.90 Å². The van der Waals surface area contributed by atoms with E-state index in [1.165, 1.54) is 38.6 Å². The highest BCUT2D eigenvalue weighted by Crippen LogP contribution is 2.33. The standard InChI is InChI=1S/C11H22N2/c1-9-4-2-6-11(9)13-7-3-5-10(13)8-12/h9-11H,2-8,12H2,1H3. The normalized spacial score (nSPS) is 41.5. The van der Waals surface area contributed by atoms with Crippen LogP contribution in [0.1, 0.15) is 39.0 Å². The van der Waals surface area contributed by atoms with E-state index in [2.05, 4.69) is 11.8 Å². The van der Waals surface area contributed by atoms with Crippen LogP contribution in [0.25, 0.3) is 0 Å². The van der Waals surface area contributed by atoms with Crippen LogP contribution in [0.5, 0.6) is 0 Å². The van der Waals surface area contributed by atoms with Crippen LogP contribution >= 0.6 is 0 Å². The minimum Gasteiger partial charge on any atom is -0.329 e. The van der Waals surface area contributed by atoms with Crippen LogP contribution in [0.4, 0.5) is 0 Å². The lowest BCUT2D eigenvalue weighted by Gasteiger charge is -2.32. The summed E-state index contributed by atoms with van der Waals surface area (Å²) in [7, 11) is 0. The van der Waals surface area contributed by atoms with E-state index in [1.807, 2.05) is 0 Å². The molecule has 0 aromatic heterocycles. The number of rotatable bonds is 2.